The molecule has 0 aromatic carbocycles. The molecule has 1 atom stereocenters. The van der Waals surface area contributed by atoms with Crippen molar-refractivity contribution in [1.29, 1.82) is 0 Å². The van der Waals surface area contributed by atoms with E-state index >= 15 is 0 Å². The van der Waals surface area contributed by atoms with E-state index < -0.39 is 0 Å². The monoisotopic (exact) mass is 308 g/mol. The SMILES string of the molecule is CCC(CC(C)C)C(=O)OC(CC)(CC)C12CCC(CC1)C2. The summed E-state index contributed by atoms with van der Waals surface area (Å²) in [6.45, 7) is 11.0. The lowest BCUT2D eigenvalue weighted by Crippen LogP contribution is -2.49. The Morgan fingerprint density at radius 2 is 1.77 bits per heavy atom. The van der Waals surface area contributed by atoms with E-state index in [-0.39, 0.29) is 22.9 Å². The van der Waals surface area contributed by atoms with Gasteiger partial charge >= 0.3 is 5.97 Å². The molecule has 0 spiro atoms. The number of hydrogen-bond acceptors (Lipinski definition) is 2. The fourth-order valence-corrected chi connectivity index (χ4v) is 5.36. The third-order valence-corrected chi connectivity index (χ3v) is 6.73. The Morgan fingerprint density at radius 1 is 1.18 bits per heavy atom. The molecule has 2 fully saturated rings. The third kappa shape index (κ3) is 3.08. The van der Waals surface area contributed by atoms with Crippen LogP contribution in [0, 0.1) is 23.2 Å². The highest BCUT2D eigenvalue weighted by molar-refractivity contribution is 5.73. The number of rotatable bonds is 8. The highest BCUT2D eigenvalue weighted by Crippen LogP contribution is 2.62. The Bertz CT molecular complexity index is 373. The Balaban J connectivity index is 2.16. The first-order chi connectivity index (χ1) is 10.4. The van der Waals surface area contributed by atoms with Crippen LogP contribution in [0.3, 0.4) is 0 Å². The van der Waals surface area contributed by atoms with Gasteiger partial charge in [0.2, 0.25) is 0 Å². The van der Waals surface area contributed by atoms with Crippen LogP contribution in [0.4, 0.5) is 0 Å². The second-order valence-corrected chi connectivity index (χ2v) is 8.29. The molecule has 0 saturated heterocycles. The molecule has 2 nitrogen and oxygen atoms in total. The Hall–Kier alpha value is -0.530. The first-order valence-electron chi connectivity index (χ1n) is 9.64. The highest BCUT2D eigenvalue weighted by Gasteiger charge is 2.58. The fraction of sp³-hybridized carbons (Fsp3) is 0.950. The first-order valence-corrected chi connectivity index (χ1v) is 9.64. The minimum absolute atomic E-state index is 0.0737. The maximum Gasteiger partial charge on any atom is 0.309 e. The molecule has 0 aromatic heterocycles. The van der Waals surface area contributed by atoms with E-state index in [9.17, 15) is 4.79 Å². The lowest BCUT2D eigenvalue weighted by Gasteiger charge is -2.47. The van der Waals surface area contributed by atoms with Crippen LogP contribution in [0.15, 0.2) is 0 Å². The predicted molar refractivity (Wildman–Crippen MR) is 91.6 cm³/mol. The van der Waals surface area contributed by atoms with Gasteiger partial charge in [-0.2, -0.15) is 0 Å². The normalized spacial score (nSPS) is 29.1. The van der Waals surface area contributed by atoms with Crippen molar-refractivity contribution >= 4 is 5.97 Å². The van der Waals surface area contributed by atoms with Gasteiger partial charge in [0, 0.05) is 5.41 Å². The summed E-state index contributed by atoms with van der Waals surface area (Å²) in [4.78, 5) is 12.8. The predicted octanol–water partition coefficient (Wildman–Crippen LogP) is 5.74. The number of ether oxygens (including phenoxy) is 1. The van der Waals surface area contributed by atoms with Crippen LogP contribution >= 0.6 is 0 Å². The van der Waals surface area contributed by atoms with Gasteiger partial charge < -0.3 is 4.74 Å². The van der Waals surface area contributed by atoms with E-state index in [0.29, 0.717) is 5.92 Å². The molecule has 0 amide bonds. The molecule has 0 radical (unpaired) electrons. The van der Waals surface area contributed by atoms with E-state index in [1.165, 1.54) is 32.1 Å². The maximum absolute atomic E-state index is 12.8. The van der Waals surface area contributed by atoms with Crippen molar-refractivity contribution in [1.82, 2.24) is 0 Å². The molecule has 2 saturated carbocycles. The zero-order chi connectivity index (χ0) is 16.4. The molecule has 2 aliphatic rings. The van der Waals surface area contributed by atoms with Crippen LogP contribution in [0.5, 0.6) is 0 Å². The highest BCUT2D eigenvalue weighted by atomic mass is 16.6. The summed E-state index contributed by atoms with van der Waals surface area (Å²) < 4.78 is 6.36. The molecular weight excluding hydrogens is 272 g/mol. The van der Waals surface area contributed by atoms with Gasteiger partial charge in [-0.15, -0.1) is 0 Å². The number of fused-ring (bicyclic) bond motifs is 2. The molecule has 1 unspecified atom stereocenters. The summed E-state index contributed by atoms with van der Waals surface area (Å²) in [5.41, 5.74) is 0.0761. The van der Waals surface area contributed by atoms with Crippen molar-refractivity contribution in [3.8, 4) is 0 Å². The zero-order valence-corrected chi connectivity index (χ0v) is 15.4. The second kappa shape index (κ2) is 6.93. The van der Waals surface area contributed by atoms with Crippen molar-refractivity contribution < 1.29 is 9.53 Å². The van der Waals surface area contributed by atoms with E-state index in [2.05, 4.69) is 34.6 Å². The van der Waals surface area contributed by atoms with Crippen molar-refractivity contribution in [2.24, 2.45) is 23.2 Å². The summed E-state index contributed by atoms with van der Waals surface area (Å²) in [7, 11) is 0. The molecule has 2 rings (SSSR count). The van der Waals surface area contributed by atoms with E-state index in [1.807, 2.05) is 0 Å². The second-order valence-electron chi connectivity index (χ2n) is 8.29. The minimum Gasteiger partial charge on any atom is -0.458 e. The molecule has 0 aliphatic heterocycles. The number of esters is 1. The average molecular weight is 309 g/mol. The Kier molecular flexibility index (Phi) is 5.61. The van der Waals surface area contributed by atoms with Gasteiger partial charge in [-0.3, -0.25) is 4.79 Å². The molecular formula is C20H36O2. The molecule has 22 heavy (non-hydrogen) atoms. The minimum atomic E-state index is -0.209. The van der Waals surface area contributed by atoms with Gasteiger partial charge in [0.1, 0.15) is 5.60 Å². The third-order valence-electron chi connectivity index (χ3n) is 6.73. The zero-order valence-electron chi connectivity index (χ0n) is 15.4. The van der Waals surface area contributed by atoms with Gasteiger partial charge in [-0.1, -0.05) is 34.6 Å². The van der Waals surface area contributed by atoms with Crippen LogP contribution in [0.2, 0.25) is 0 Å². The Labute approximate surface area is 137 Å². The van der Waals surface area contributed by atoms with Crippen molar-refractivity contribution in [3.63, 3.8) is 0 Å². The van der Waals surface area contributed by atoms with Crippen LogP contribution in [-0.4, -0.2) is 11.6 Å². The number of carbonyl (C=O) groups excluding carboxylic acids is 1. The maximum atomic E-state index is 12.8. The van der Waals surface area contributed by atoms with Crippen LogP contribution in [0.1, 0.15) is 92.4 Å². The summed E-state index contributed by atoms with van der Waals surface area (Å²) in [5.74, 6) is 1.60. The van der Waals surface area contributed by atoms with Gasteiger partial charge in [0.15, 0.2) is 0 Å². The van der Waals surface area contributed by atoms with Crippen LogP contribution in [0.25, 0.3) is 0 Å². The van der Waals surface area contributed by atoms with Crippen molar-refractivity contribution in [2.45, 2.75) is 98.0 Å². The summed E-state index contributed by atoms with van der Waals surface area (Å²) in [6, 6.07) is 0. The summed E-state index contributed by atoms with van der Waals surface area (Å²) in [5, 5.41) is 0. The number of hydrogen-bond donors (Lipinski definition) is 0. The van der Waals surface area contributed by atoms with Gasteiger partial charge in [-0.25, -0.2) is 0 Å². The topological polar surface area (TPSA) is 26.3 Å². The average Bonchev–Trinajstić information content (AvgIpc) is 3.12. The lowest BCUT2D eigenvalue weighted by atomic mass is 9.66. The fourth-order valence-electron chi connectivity index (χ4n) is 5.36. The summed E-state index contributed by atoms with van der Waals surface area (Å²) in [6.07, 6.45) is 10.3. The molecule has 0 aromatic rings. The number of carbonyl (C=O) groups is 1. The molecule has 2 heteroatoms. The molecule has 0 heterocycles. The summed E-state index contributed by atoms with van der Waals surface area (Å²) >= 11 is 0. The van der Waals surface area contributed by atoms with Crippen LogP contribution < -0.4 is 0 Å². The Morgan fingerprint density at radius 3 is 2.14 bits per heavy atom. The van der Waals surface area contributed by atoms with E-state index in [4.69, 9.17) is 4.74 Å². The van der Waals surface area contributed by atoms with Crippen molar-refractivity contribution in [2.75, 3.05) is 0 Å². The van der Waals surface area contributed by atoms with E-state index in [0.717, 1.165) is 31.6 Å². The molecule has 128 valence electrons. The first kappa shape index (κ1) is 17.8. The lowest BCUT2D eigenvalue weighted by molar-refractivity contribution is -0.185. The van der Waals surface area contributed by atoms with Crippen LogP contribution in [-0.2, 0) is 9.53 Å². The smallest absolute Gasteiger partial charge is 0.309 e. The standard InChI is InChI=1S/C20H36O2/c1-6-17(13-15(4)5)18(21)22-20(7-2,8-3)19-11-9-16(14-19)10-12-19/h15-17H,6-14H2,1-5H3. The largest absolute Gasteiger partial charge is 0.458 e. The van der Waals surface area contributed by atoms with Crippen molar-refractivity contribution in [3.05, 3.63) is 0 Å². The molecule has 2 aliphatic carbocycles. The van der Waals surface area contributed by atoms with Gasteiger partial charge in [-0.05, 0) is 69.6 Å². The van der Waals surface area contributed by atoms with Gasteiger partial charge in [0.05, 0.1) is 5.92 Å². The van der Waals surface area contributed by atoms with Gasteiger partial charge in [0.25, 0.3) is 0 Å². The molecule has 2 bridgehead atoms. The van der Waals surface area contributed by atoms with E-state index in [1.54, 1.807) is 0 Å². The molecule has 0 N–H and O–H groups in total. The quantitative estimate of drug-likeness (QED) is 0.534.